The lowest BCUT2D eigenvalue weighted by atomic mass is 9.96. The minimum atomic E-state index is -0.0404. The van der Waals surface area contributed by atoms with Crippen LogP contribution in [0.2, 0.25) is 0 Å². The molecule has 1 aliphatic rings. The molecule has 2 rings (SSSR count). The van der Waals surface area contributed by atoms with Gasteiger partial charge in [-0.1, -0.05) is 26.8 Å². The fourth-order valence-electron chi connectivity index (χ4n) is 2.17. The van der Waals surface area contributed by atoms with Crippen molar-refractivity contribution in [1.29, 1.82) is 0 Å². The fraction of sp³-hybridized carbons (Fsp3) is 0.444. The van der Waals surface area contributed by atoms with E-state index in [1.165, 1.54) is 0 Å². The van der Waals surface area contributed by atoms with Crippen LogP contribution in [0.15, 0.2) is 47.3 Å². The van der Waals surface area contributed by atoms with Gasteiger partial charge in [-0.2, -0.15) is 10.2 Å². The molecule has 0 spiro atoms. The lowest BCUT2D eigenvalue weighted by Gasteiger charge is -2.20. The maximum atomic E-state index is 5.91. The van der Waals surface area contributed by atoms with Crippen molar-refractivity contribution < 1.29 is 4.74 Å². The summed E-state index contributed by atoms with van der Waals surface area (Å²) in [5, 5.41) is 11.8. The van der Waals surface area contributed by atoms with Crippen molar-refractivity contribution in [1.82, 2.24) is 15.5 Å². The molecule has 24 heavy (non-hydrogen) atoms. The minimum Gasteiger partial charge on any atom is -0.497 e. The number of thiocarbonyl (C=S) groups is 1. The first-order valence-electron chi connectivity index (χ1n) is 8.26. The summed E-state index contributed by atoms with van der Waals surface area (Å²) >= 11 is 5.28. The molecule has 1 aromatic rings. The molecule has 128 valence electrons. The Labute approximate surface area is 148 Å². The number of hydrogen-bond acceptors (Lipinski definition) is 4. The Balaban J connectivity index is 2.16. The number of nitrogens with zero attached hydrogens (tertiary/aromatic N) is 3. The Bertz CT molecular complexity index is 638. The predicted octanol–water partition coefficient (Wildman–Crippen LogP) is 3.41. The number of aromatic nitrogens is 2. The molecule has 5 nitrogen and oxygen atoms in total. The van der Waals surface area contributed by atoms with Gasteiger partial charge < -0.3 is 10.1 Å². The molecule has 0 amide bonds. The van der Waals surface area contributed by atoms with Crippen molar-refractivity contribution in [3.8, 4) is 0 Å². The highest BCUT2D eigenvalue weighted by Gasteiger charge is 2.21. The molecule has 6 heteroatoms. The first kappa shape index (κ1) is 18.3. The number of aliphatic imine (C=N–C) groups is 1. The molecule has 1 aliphatic carbocycles. The van der Waals surface area contributed by atoms with E-state index in [1.54, 1.807) is 6.20 Å². The van der Waals surface area contributed by atoms with Crippen molar-refractivity contribution in [3.63, 3.8) is 0 Å². The van der Waals surface area contributed by atoms with E-state index in [2.05, 4.69) is 41.3 Å². The predicted molar refractivity (Wildman–Crippen MR) is 101 cm³/mol. The van der Waals surface area contributed by atoms with Gasteiger partial charge in [0.2, 0.25) is 0 Å². The Hall–Kier alpha value is -2.08. The second-order valence-corrected chi connectivity index (χ2v) is 6.38. The van der Waals surface area contributed by atoms with Crippen LogP contribution in [0.3, 0.4) is 0 Å². The summed E-state index contributed by atoms with van der Waals surface area (Å²) in [5.41, 5.74) is 1.64. The third-order valence-electron chi connectivity index (χ3n) is 3.33. The monoisotopic (exact) mass is 344 g/mol. The minimum absolute atomic E-state index is 0.0404. The van der Waals surface area contributed by atoms with Gasteiger partial charge in [-0.15, -0.1) is 0 Å². The van der Waals surface area contributed by atoms with E-state index in [0.717, 1.165) is 30.1 Å². The van der Waals surface area contributed by atoms with E-state index in [-0.39, 0.29) is 5.92 Å². The number of nitrogens with one attached hydrogen (secondary N) is 1. The molecular formula is C18H24N4OS. The molecule has 0 radical (unpaired) electrons. The van der Waals surface area contributed by atoms with Crippen LogP contribution < -0.4 is 5.32 Å². The normalized spacial score (nSPS) is 18.6. The summed E-state index contributed by atoms with van der Waals surface area (Å²) in [6.07, 6.45) is 8.51. The molecule has 1 heterocycles. The van der Waals surface area contributed by atoms with Gasteiger partial charge in [-0.25, -0.2) is 4.99 Å². The van der Waals surface area contributed by atoms with Gasteiger partial charge in [-0.05, 0) is 42.8 Å². The Morgan fingerprint density at radius 2 is 2.29 bits per heavy atom. The van der Waals surface area contributed by atoms with Gasteiger partial charge in [0.05, 0.1) is 23.9 Å². The molecule has 1 aromatic heterocycles. The molecule has 0 fully saturated rings. The van der Waals surface area contributed by atoms with Crippen molar-refractivity contribution in [2.75, 3.05) is 13.2 Å². The van der Waals surface area contributed by atoms with E-state index >= 15 is 0 Å². The van der Waals surface area contributed by atoms with E-state index < -0.39 is 0 Å². The van der Waals surface area contributed by atoms with Crippen molar-refractivity contribution >= 4 is 23.0 Å². The largest absolute Gasteiger partial charge is 0.497 e. The number of rotatable bonds is 6. The van der Waals surface area contributed by atoms with Crippen LogP contribution in [0.1, 0.15) is 38.8 Å². The highest BCUT2D eigenvalue weighted by molar-refractivity contribution is 7.80. The van der Waals surface area contributed by atoms with Crippen molar-refractivity contribution in [3.05, 3.63) is 48.0 Å². The summed E-state index contributed by atoms with van der Waals surface area (Å²) in [4.78, 5) is 4.45. The summed E-state index contributed by atoms with van der Waals surface area (Å²) in [7, 11) is 0. The smallest absolute Gasteiger partial charge is 0.193 e. The third kappa shape index (κ3) is 5.53. The molecule has 1 atom stereocenters. The van der Waals surface area contributed by atoms with E-state index in [4.69, 9.17) is 17.0 Å². The van der Waals surface area contributed by atoms with Crippen LogP contribution in [0.25, 0.3) is 0 Å². The quantitative estimate of drug-likeness (QED) is 0.801. The summed E-state index contributed by atoms with van der Waals surface area (Å²) < 4.78 is 5.91. The Morgan fingerprint density at radius 1 is 1.46 bits per heavy atom. The molecule has 0 saturated heterocycles. The molecule has 0 bridgehead atoms. The van der Waals surface area contributed by atoms with Gasteiger partial charge in [0.15, 0.2) is 5.11 Å². The lowest BCUT2D eigenvalue weighted by molar-refractivity contribution is 0.199. The van der Waals surface area contributed by atoms with Crippen LogP contribution in [0.4, 0.5) is 0 Å². The Morgan fingerprint density at radius 3 is 2.96 bits per heavy atom. The first-order valence-corrected chi connectivity index (χ1v) is 8.67. The van der Waals surface area contributed by atoms with E-state index in [1.807, 2.05) is 30.4 Å². The third-order valence-corrected chi connectivity index (χ3v) is 3.57. The van der Waals surface area contributed by atoms with Crippen molar-refractivity contribution in [2.24, 2.45) is 10.9 Å². The summed E-state index contributed by atoms with van der Waals surface area (Å²) in [6.45, 7) is 7.80. The SMILES string of the molecule is CCCOC1=CC(=NC(=S)NCC(C)C)C=CC1c1cccnn1. The first-order chi connectivity index (χ1) is 11.6. The molecule has 0 aromatic carbocycles. The highest BCUT2D eigenvalue weighted by Crippen LogP contribution is 2.28. The van der Waals surface area contributed by atoms with Crippen LogP contribution in [0.5, 0.6) is 0 Å². The molecule has 0 aliphatic heterocycles. The second kappa shape index (κ2) is 9.27. The zero-order valence-corrected chi connectivity index (χ0v) is 15.2. The van der Waals surface area contributed by atoms with Gasteiger partial charge in [0.25, 0.3) is 0 Å². The molecule has 0 saturated carbocycles. The summed E-state index contributed by atoms with van der Waals surface area (Å²) in [5.74, 6) is 1.30. The highest BCUT2D eigenvalue weighted by atomic mass is 32.1. The number of allylic oxidation sites excluding steroid dienone is 3. The van der Waals surface area contributed by atoms with Crippen LogP contribution >= 0.6 is 12.2 Å². The Kier molecular flexibility index (Phi) is 7.06. The standard InChI is InChI=1S/C18H24N4OS/c1-4-10-23-17-11-14(21-18(24)19-12-13(2)3)7-8-15(17)16-6-5-9-20-22-16/h5-9,11,13,15H,4,10,12H2,1-3H3,(H,19,24). The fourth-order valence-corrected chi connectivity index (χ4v) is 2.35. The number of hydrogen-bond donors (Lipinski definition) is 1. The average molecular weight is 344 g/mol. The van der Waals surface area contributed by atoms with Crippen LogP contribution in [0, 0.1) is 5.92 Å². The lowest BCUT2D eigenvalue weighted by Crippen LogP contribution is -2.25. The van der Waals surface area contributed by atoms with Gasteiger partial charge >= 0.3 is 0 Å². The van der Waals surface area contributed by atoms with Crippen LogP contribution in [-0.2, 0) is 4.74 Å². The van der Waals surface area contributed by atoms with Gasteiger partial charge in [-0.3, -0.25) is 0 Å². The molecular weight excluding hydrogens is 320 g/mol. The zero-order chi connectivity index (χ0) is 17.4. The zero-order valence-electron chi connectivity index (χ0n) is 14.4. The molecule has 1 unspecified atom stereocenters. The topological polar surface area (TPSA) is 59.4 Å². The second-order valence-electron chi connectivity index (χ2n) is 6.00. The van der Waals surface area contributed by atoms with Gasteiger partial charge in [0, 0.05) is 18.8 Å². The summed E-state index contributed by atoms with van der Waals surface area (Å²) in [6, 6.07) is 3.82. The average Bonchev–Trinajstić information content (AvgIpc) is 2.59. The van der Waals surface area contributed by atoms with Crippen molar-refractivity contribution in [2.45, 2.75) is 33.1 Å². The van der Waals surface area contributed by atoms with E-state index in [0.29, 0.717) is 17.6 Å². The molecule has 1 N–H and O–H groups in total. The van der Waals surface area contributed by atoms with E-state index in [9.17, 15) is 0 Å². The van der Waals surface area contributed by atoms with Crippen LogP contribution in [-0.4, -0.2) is 34.2 Å². The maximum Gasteiger partial charge on any atom is 0.193 e. The van der Waals surface area contributed by atoms with Gasteiger partial charge in [0.1, 0.15) is 5.76 Å². The number of ether oxygens (including phenoxy) is 1. The maximum absolute atomic E-state index is 5.91.